The van der Waals surface area contributed by atoms with Crippen LogP contribution < -0.4 is 4.74 Å². The zero-order valence-electron chi connectivity index (χ0n) is 17.8. The average molecular weight is 549 g/mol. The van der Waals surface area contributed by atoms with Crippen LogP contribution in [0.3, 0.4) is 0 Å². The molecule has 0 spiro atoms. The Morgan fingerprint density at radius 3 is 2.54 bits per heavy atom. The monoisotopic (exact) mass is 547 g/mol. The van der Waals surface area contributed by atoms with Crippen molar-refractivity contribution in [1.82, 2.24) is 4.90 Å². The maximum absolute atomic E-state index is 12.8. The summed E-state index contributed by atoms with van der Waals surface area (Å²) in [6.07, 6.45) is 1.43. The molecule has 1 heterocycles. The van der Waals surface area contributed by atoms with Gasteiger partial charge in [-0.1, -0.05) is 46.9 Å². The predicted octanol–water partition coefficient (Wildman–Crippen LogP) is 7.88. The van der Waals surface area contributed by atoms with Gasteiger partial charge in [-0.15, -0.1) is 5.11 Å². The first kappa shape index (κ1) is 25.1. The van der Waals surface area contributed by atoms with Gasteiger partial charge in [0.2, 0.25) is 0 Å². The van der Waals surface area contributed by atoms with Crippen molar-refractivity contribution in [3.63, 3.8) is 0 Å². The fraction of sp³-hybridized carbons (Fsp3) is 0.0833. The number of nitrogens with zero attached hydrogens (tertiary/aromatic N) is 3. The van der Waals surface area contributed by atoms with Crippen LogP contribution in [0.4, 0.5) is 16.2 Å². The van der Waals surface area contributed by atoms with E-state index in [1.165, 1.54) is 18.2 Å². The molecule has 1 aliphatic heterocycles. The van der Waals surface area contributed by atoms with Crippen molar-refractivity contribution in [2.24, 2.45) is 10.2 Å². The van der Waals surface area contributed by atoms with E-state index in [2.05, 4.69) is 10.2 Å². The van der Waals surface area contributed by atoms with E-state index in [1.54, 1.807) is 48.5 Å². The van der Waals surface area contributed by atoms with Crippen LogP contribution in [-0.2, 0) is 4.79 Å². The number of halogens is 3. The van der Waals surface area contributed by atoms with Crippen molar-refractivity contribution in [2.75, 3.05) is 13.2 Å². The Morgan fingerprint density at radius 1 is 0.971 bits per heavy atom. The highest BCUT2D eigenvalue weighted by molar-refractivity contribution is 8.18. The zero-order valence-corrected chi connectivity index (χ0v) is 20.9. The van der Waals surface area contributed by atoms with Gasteiger partial charge in [0, 0.05) is 10.6 Å². The molecule has 1 N–H and O–H groups in total. The Morgan fingerprint density at radius 2 is 1.77 bits per heavy atom. The molecule has 0 unspecified atom stereocenters. The van der Waals surface area contributed by atoms with E-state index in [4.69, 9.17) is 39.5 Å². The second-order valence-electron chi connectivity index (χ2n) is 7.15. The average Bonchev–Trinajstić information content (AvgIpc) is 3.09. The molecule has 0 aromatic heterocycles. The number of phenols is 1. The number of thioether (sulfide) groups is 1. The van der Waals surface area contributed by atoms with Gasteiger partial charge in [0.05, 0.1) is 27.2 Å². The molecule has 0 bridgehead atoms. The molecule has 3 aromatic rings. The normalized spacial score (nSPS) is 14.9. The quantitative estimate of drug-likeness (QED) is 0.239. The molecule has 178 valence electrons. The first-order chi connectivity index (χ1) is 16.8. The number of carbonyl (C=O) groups is 2. The number of amides is 2. The van der Waals surface area contributed by atoms with Gasteiger partial charge in [-0.05, 0) is 66.4 Å². The summed E-state index contributed by atoms with van der Waals surface area (Å²) in [5.41, 5.74) is 1.14. The molecule has 0 aliphatic carbocycles. The van der Waals surface area contributed by atoms with Gasteiger partial charge in [0.25, 0.3) is 11.1 Å². The number of azo groups is 1. The number of para-hydroxylation sites is 1. The maximum Gasteiger partial charge on any atom is 0.293 e. The Bertz CT molecular complexity index is 1360. The molecule has 1 saturated heterocycles. The highest BCUT2D eigenvalue weighted by atomic mass is 35.5. The largest absolute Gasteiger partial charge is 0.507 e. The minimum Gasteiger partial charge on any atom is -0.507 e. The minimum absolute atomic E-state index is 0.0509. The van der Waals surface area contributed by atoms with Crippen molar-refractivity contribution >= 4 is 75.2 Å². The van der Waals surface area contributed by atoms with Crippen LogP contribution in [-0.4, -0.2) is 34.3 Å². The van der Waals surface area contributed by atoms with Gasteiger partial charge in [0.1, 0.15) is 23.8 Å². The summed E-state index contributed by atoms with van der Waals surface area (Å²) in [5, 5.41) is 19.3. The molecule has 2 amide bonds. The zero-order chi connectivity index (χ0) is 24.9. The standard InChI is InChI=1S/C24H16Cl3N3O4S/c25-15-5-7-19(18(27)13-15)29-28-16-6-8-20(31)14(11-16)12-22-23(32)30(24(33)35-22)9-10-34-21-4-2-1-3-17(21)26/h1-8,11-13,31H,9-10H2/b22-12-,29-28?. The van der Waals surface area contributed by atoms with Crippen molar-refractivity contribution in [3.8, 4) is 11.5 Å². The molecular formula is C24H16Cl3N3O4S. The summed E-state index contributed by atoms with van der Waals surface area (Å²) in [5.74, 6) is -0.100. The van der Waals surface area contributed by atoms with E-state index in [9.17, 15) is 14.7 Å². The lowest BCUT2D eigenvalue weighted by Crippen LogP contribution is -2.32. The van der Waals surface area contributed by atoms with Crippen LogP contribution in [0.1, 0.15) is 5.56 Å². The van der Waals surface area contributed by atoms with E-state index in [0.29, 0.717) is 37.8 Å². The number of hydrogen-bond donors (Lipinski definition) is 1. The fourth-order valence-electron chi connectivity index (χ4n) is 3.04. The highest BCUT2D eigenvalue weighted by Crippen LogP contribution is 2.35. The van der Waals surface area contributed by atoms with Crippen LogP contribution in [0, 0.1) is 0 Å². The molecule has 35 heavy (non-hydrogen) atoms. The molecule has 0 radical (unpaired) electrons. The topological polar surface area (TPSA) is 91.6 Å². The predicted molar refractivity (Wildman–Crippen MR) is 138 cm³/mol. The molecule has 7 nitrogen and oxygen atoms in total. The first-order valence-electron chi connectivity index (χ1n) is 10.1. The molecule has 1 aliphatic rings. The second-order valence-corrected chi connectivity index (χ2v) is 9.40. The SMILES string of the molecule is O=C1S/C(=C\c2cc(N=Nc3ccc(Cl)cc3Cl)ccc2O)C(=O)N1CCOc1ccccc1Cl. The third-order valence-electron chi connectivity index (χ3n) is 4.76. The summed E-state index contributed by atoms with van der Waals surface area (Å²) in [6.45, 7) is 0.138. The summed E-state index contributed by atoms with van der Waals surface area (Å²) in [6, 6.07) is 16.3. The van der Waals surface area contributed by atoms with Gasteiger partial charge in [0.15, 0.2) is 0 Å². The van der Waals surface area contributed by atoms with Crippen LogP contribution >= 0.6 is 46.6 Å². The van der Waals surface area contributed by atoms with E-state index < -0.39 is 11.1 Å². The Kier molecular flexibility index (Phi) is 7.97. The first-order valence-corrected chi connectivity index (χ1v) is 12.1. The van der Waals surface area contributed by atoms with Gasteiger partial charge in [-0.2, -0.15) is 5.11 Å². The number of carbonyl (C=O) groups excluding carboxylic acids is 2. The molecule has 3 aromatic carbocycles. The van der Waals surface area contributed by atoms with Gasteiger partial charge >= 0.3 is 0 Å². The van der Waals surface area contributed by atoms with Crippen LogP contribution in [0.2, 0.25) is 15.1 Å². The van der Waals surface area contributed by atoms with Gasteiger partial charge in [-0.25, -0.2) is 0 Å². The smallest absolute Gasteiger partial charge is 0.293 e. The Hall–Kier alpha value is -3.04. The third kappa shape index (κ3) is 6.15. The highest BCUT2D eigenvalue weighted by Gasteiger charge is 2.35. The number of imide groups is 1. The number of ether oxygens (including phenoxy) is 1. The van der Waals surface area contributed by atoms with Crippen LogP contribution in [0.25, 0.3) is 6.08 Å². The second kappa shape index (κ2) is 11.1. The summed E-state index contributed by atoms with van der Waals surface area (Å²) < 4.78 is 5.58. The molecule has 1 fully saturated rings. The molecule has 0 saturated carbocycles. The number of benzene rings is 3. The lowest BCUT2D eigenvalue weighted by Gasteiger charge is -2.13. The van der Waals surface area contributed by atoms with E-state index >= 15 is 0 Å². The lowest BCUT2D eigenvalue weighted by atomic mass is 10.1. The molecular weight excluding hydrogens is 533 g/mol. The fourth-order valence-corrected chi connectivity index (χ4v) is 4.53. The molecule has 0 atom stereocenters. The summed E-state index contributed by atoms with van der Waals surface area (Å²) in [7, 11) is 0. The molecule has 4 rings (SSSR count). The Balaban J connectivity index is 1.46. The lowest BCUT2D eigenvalue weighted by molar-refractivity contribution is -0.123. The number of phenolic OH excluding ortho intramolecular Hbond substituents is 1. The van der Waals surface area contributed by atoms with E-state index in [1.807, 2.05) is 0 Å². The van der Waals surface area contributed by atoms with Gasteiger partial charge in [-0.3, -0.25) is 14.5 Å². The number of rotatable bonds is 7. The Labute approximate surface area is 220 Å². The summed E-state index contributed by atoms with van der Waals surface area (Å²) >= 11 is 18.8. The van der Waals surface area contributed by atoms with E-state index in [0.717, 1.165) is 16.7 Å². The number of aromatic hydroxyl groups is 1. The van der Waals surface area contributed by atoms with Crippen LogP contribution in [0.5, 0.6) is 11.5 Å². The van der Waals surface area contributed by atoms with Crippen molar-refractivity contribution in [2.45, 2.75) is 0 Å². The minimum atomic E-state index is -0.484. The van der Waals surface area contributed by atoms with Crippen molar-refractivity contribution in [3.05, 3.63) is 86.2 Å². The third-order valence-corrected chi connectivity index (χ3v) is 6.52. The number of hydrogen-bond acceptors (Lipinski definition) is 7. The van der Waals surface area contributed by atoms with E-state index in [-0.39, 0.29) is 23.8 Å². The van der Waals surface area contributed by atoms with Crippen molar-refractivity contribution < 1.29 is 19.4 Å². The van der Waals surface area contributed by atoms with Crippen LogP contribution in [0.15, 0.2) is 75.8 Å². The maximum atomic E-state index is 12.8. The van der Waals surface area contributed by atoms with Gasteiger partial charge < -0.3 is 9.84 Å². The summed E-state index contributed by atoms with van der Waals surface area (Å²) in [4.78, 5) is 26.4. The molecule has 11 heteroatoms. The van der Waals surface area contributed by atoms with Crippen molar-refractivity contribution in [1.29, 1.82) is 0 Å².